The van der Waals surface area contributed by atoms with E-state index >= 15 is 0 Å². The second-order valence-corrected chi connectivity index (χ2v) is 5.43. The zero-order valence-corrected chi connectivity index (χ0v) is 12.5. The average Bonchev–Trinajstić information content (AvgIpc) is 2.43. The Hall–Kier alpha value is -1.69. The van der Waals surface area contributed by atoms with Gasteiger partial charge in [-0.3, -0.25) is 0 Å². The maximum absolute atomic E-state index is 11.9. The molecule has 0 spiro atoms. The summed E-state index contributed by atoms with van der Waals surface area (Å²) in [6.07, 6.45) is 2.24. The number of carboxylic acids is 1. The van der Waals surface area contributed by atoms with Crippen molar-refractivity contribution in [3.63, 3.8) is 0 Å². The molecule has 1 aromatic rings. The molecule has 1 aromatic carbocycles. The van der Waals surface area contributed by atoms with Crippen molar-refractivity contribution in [3.8, 4) is 0 Å². The first-order chi connectivity index (χ1) is 9.54. The summed E-state index contributed by atoms with van der Waals surface area (Å²) < 4.78 is 0. The van der Waals surface area contributed by atoms with E-state index in [1.54, 1.807) is 7.05 Å². The van der Waals surface area contributed by atoms with Crippen molar-refractivity contribution < 1.29 is 14.7 Å². The number of rotatable bonds is 7. The van der Waals surface area contributed by atoms with Gasteiger partial charge in [-0.15, -0.1) is 0 Å². The highest BCUT2D eigenvalue weighted by Gasteiger charge is 2.16. The SMILES string of the molecule is CSCC[C@H](NC(=O)N(C)Cc1ccccc1)C(=O)[O-]. The van der Waals surface area contributed by atoms with Crippen LogP contribution in [0, 0.1) is 0 Å². The Morgan fingerprint density at radius 2 is 2.00 bits per heavy atom. The summed E-state index contributed by atoms with van der Waals surface area (Å²) in [5.41, 5.74) is 0.985. The molecule has 0 saturated heterocycles. The van der Waals surface area contributed by atoms with E-state index in [-0.39, 0.29) is 0 Å². The van der Waals surface area contributed by atoms with Crippen molar-refractivity contribution in [2.75, 3.05) is 19.1 Å². The molecule has 6 heteroatoms. The van der Waals surface area contributed by atoms with Crippen LogP contribution >= 0.6 is 11.8 Å². The third-order valence-corrected chi connectivity index (χ3v) is 3.45. The van der Waals surface area contributed by atoms with E-state index in [9.17, 15) is 14.7 Å². The monoisotopic (exact) mass is 295 g/mol. The lowest BCUT2D eigenvalue weighted by atomic mass is 10.2. The highest BCUT2D eigenvalue weighted by Crippen LogP contribution is 2.04. The van der Waals surface area contributed by atoms with Crippen LogP contribution in [-0.4, -0.2) is 42.0 Å². The first-order valence-electron chi connectivity index (χ1n) is 6.30. The predicted molar refractivity (Wildman–Crippen MR) is 78.2 cm³/mol. The van der Waals surface area contributed by atoms with Crippen molar-refractivity contribution >= 4 is 23.8 Å². The van der Waals surface area contributed by atoms with Crippen LogP contribution in [0.3, 0.4) is 0 Å². The van der Waals surface area contributed by atoms with E-state index in [1.807, 2.05) is 36.6 Å². The topological polar surface area (TPSA) is 72.5 Å². The van der Waals surface area contributed by atoms with Gasteiger partial charge in [0.05, 0.1) is 12.0 Å². The number of aliphatic carboxylic acids is 1. The van der Waals surface area contributed by atoms with Gasteiger partial charge in [0.25, 0.3) is 0 Å². The molecule has 0 heterocycles. The van der Waals surface area contributed by atoms with E-state index in [0.29, 0.717) is 18.7 Å². The molecule has 5 nitrogen and oxygen atoms in total. The lowest BCUT2D eigenvalue weighted by Gasteiger charge is -2.24. The fourth-order valence-corrected chi connectivity index (χ4v) is 2.14. The fourth-order valence-electron chi connectivity index (χ4n) is 1.67. The van der Waals surface area contributed by atoms with Gasteiger partial charge < -0.3 is 20.1 Å². The Morgan fingerprint density at radius 3 is 2.55 bits per heavy atom. The molecule has 1 N–H and O–H groups in total. The molecular weight excluding hydrogens is 276 g/mol. The zero-order chi connectivity index (χ0) is 15.0. The van der Waals surface area contributed by atoms with Crippen LogP contribution in [0.25, 0.3) is 0 Å². The number of hydrogen-bond acceptors (Lipinski definition) is 4. The molecule has 110 valence electrons. The molecule has 0 aliphatic heterocycles. The summed E-state index contributed by atoms with van der Waals surface area (Å²) in [6, 6.07) is 8.14. The molecule has 1 atom stereocenters. The lowest BCUT2D eigenvalue weighted by molar-refractivity contribution is -0.308. The second-order valence-electron chi connectivity index (χ2n) is 4.44. The van der Waals surface area contributed by atoms with Crippen LogP contribution in [-0.2, 0) is 11.3 Å². The number of amides is 2. The molecule has 0 unspecified atom stereocenters. The zero-order valence-electron chi connectivity index (χ0n) is 11.7. The molecule has 0 saturated carbocycles. The van der Waals surface area contributed by atoms with Crippen molar-refractivity contribution in [1.82, 2.24) is 10.2 Å². The summed E-state index contributed by atoms with van der Waals surface area (Å²) in [5.74, 6) is -0.595. The number of urea groups is 1. The van der Waals surface area contributed by atoms with Crippen LogP contribution in [0.15, 0.2) is 30.3 Å². The highest BCUT2D eigenvalue weighted by molar-refractivity contribution is 7.98. The van der Waals surface area contributed by atoms with Crippen molar-refractivity contribution in [1.29, 1.82) is 0 Å². The third-order valence-electron chi connectivity index (χ3n) is 2.80. The maximum atomic E-state index is 11.9. The average molecular weight is 295 g/mol. The number of hydrogen-bond donors (Lipinski definition) is 1. The Balaban J connectivity index is 2.53. The van der Waals surface area contributed by atoms with Crippen molar-refractivity contribution in [3.05, 3.63) is 35.9 Å². The van der Waals surface area contributed by atoms with Crippen molar-refractivity contribution in [2.24, 2.45) is 0 Å². The Kier molecular flexibility index (Phi) is 6.93. The van der Waals surface area contributed by atoms with Crippen LogP contribution in [0.2, 0.25) is 0 Å². The predicted octanol–water partition coefficient (Wildman–Crippen LogP) is 0.700. The van der Waals surface area contributed by atoms with Gasteiger partial charge in [-0.05, 0) is 24.0 Å². The number of nitrogens with one attached hydrogen (secondary N) is 1. The standard InChI is InChI=1S/C14H20N2O3S/c1-16(10-11-6-4-3-5-7-11)14(19)15-12(13(17)18)8-9-20-2/h3-7,12H,8-10H2,1-2H3,(H,15,19)(H,17,18)/p-1/t12-/m0/s1. The van der Waals surface area contributed by atoms with Crippen LogP contribution < -0.4 is 10.4 Å². The number of carbonyl (C=O) groups excluding carboxylic acids is 2. The third kappa shape index (κ3) is 5.52. The van der Waals surface area contributed by atoms with Crippen LogP contribution in [0.1, 0.15) is 12.0 Å². The summed E-state index contributed by atoms with van der Waals surface area (Å²) in [7, 11) is 1.63. The Labute approximate surface area is 123 Å². The fraction of sp³-hybridized carbons (Fsp3) is 0.429. The van der Waals surface area contributed by atoms with Gasteiger partial charge in [-0.25, -0.2) is 4.79 Å². The first-order valence-corrected chi connectivity index (χ1v) is 7.69. The first kappa shape index (κ1) is 16.4. The molecule has 0 fully saturated rings. The normalized spacial score (nSPS) is 11.7. The minimum Gasteiger partial charge on any atom is -0.548 e. The van der Waals surface area contributed by atoms with Gasteiger partial charge >= 0.3 is 6.03 Å². The summed E-state index contributed by atoms with van der Waals surface area (Å²) in [6.45, 7) is 0.426. The van der Waals surface area contributed by atoms with Gasteiger partial charge in [0, 0.05) is 13.6 Å². The van der Waals surface area contributed by atoms with Crippen LogP contribution in [0.4, 0.5) is 4.79 Å². The largest absolute Gasteiger partial charge is 0.548 e. The minimum atomic E-state index is -1.25. The van der Waals surface area contributed by atoms with Gasteiger partial charge in [0.2, 0.25) is 0 Å². The van der Waals surface area contributed by atoms with Gasteiger partial charge in [-0.1, -0.05) is 30.3 Å². The molecule has 20 heavy (non-hydrogen) atoms. The second kappa shape index (κ2) is 8.47. The number of carboxylic acid groups (broad SMARTS) is 1. The van der Waals surface area contributed by atoms with Crippen LogP contribution in [0.5, 0.6) is 0 Å². The molecule has 0 aliphatic rings. The Morgan fingerprint density at radius 1 is 1.35 bits per heavy atom. The number of thioether (sulfide) groups is 1. The van der Waals surface area contributed by atoms with E-state index in [2.05, 4.69) is 5.32 Å². The minimum absolute atomic E-state index is 0.356. The summed E-state index contributed by atoms with van der Waals surface area (Å²) >= 11 is 1.53. The van der Waals surface area contributed by atoms with E-state index in [4.69, 9.17) is 0 Å². The summed E-state index contributed by atoms with van der Waals surface area (Å²) in [5, 5.41) is 13.5. The molecule has 0 bridgehead atoms. The highest BCUT2D eigenvalue weighted by atomic mass is 32.2. The summed E-state index contributed by atoms with van der Waals surface area (Å²) in [4.78, 5) is 24.4. The number of nitrogens with zero attached hydrogens (tertiary/aromatic N) is 1. The van der Waals surface area contributed by atoms with E-state index in [0.717, 1.165) is 5.56 Å². The van der Waals surface area contributed by atoms with Gasteiger partial charge in [-0.2, -0.15) is 11.8 Å². The molecule has 2 amide bonds. The molecule has 0 aromatic heterocycles. The van der Waals surface area contributed by atoms with Gasteiger partial charge in [0.1, 0.15) is 0 Å². The lowest BCUT2D eigenvalue weighted by Crippen LogP contribution is -2.51. The quantitative estimate of drug-likeness (QED) is 0.803. The van der Waals surface area contributed by atoms with Crippen molar-refractivity contribution in [2.45, 2.75) is 19.0 Å². The number of benzene rings is 1. The maximum Gasteiger partial charge on any atom is 0.317 e. The molecule has 0 aliphatic carbocycles. The van der Waals surface area contributed by atoms with Gasteiger partial charge in [0.15, 0.2) is 0 Å². The molecular formula is C14H19N2O3S-. The Bertz CT molecular complexity index is 439. The van der Waals surface area contributed by atoms with E-state index in [1.165, 1.54) is 16.7 Å². The van der Waals surface area contributed by atoms with E-state index < -0.39 is 18.0 Å². The molecule has 1 rings (SSSR count). The number of carbonyl (C=O) groups is 2. The molecule has 0 radical (unpaired) electrons. The smallest absolute Gasteiger partial charge is 0.317 e.